The van der Waals surface area contributed by atoms with Crippen LogP contribution < -0.4 is 0 Å². The molecule has 108 valence electrons. The van der Waals surface area contributed by atoms with Crippen molar-refractivity contribution in [3.63, 3.8) is 0 Å². The average molecular weight is 290 g/mol. The minimum atomic E-state index is 0.650. The van der Waals surface area contributed by atoms with Gasteiger partial charge in [0, 0.05) is 18.8 Å². The Morgan fingerprint density at radius 1 is 1.18 bits per heavy atom. The number of hydrogen-bond acceptors (Lipinski definition) is 4. The Morgan fingerprint density at radius 3 is 2.95 bits per heavy atom. The summed E-state index contributed by atoms with van der Waals surface area (Å²) in [5.41, 5.74) is 6.36. The molecule has 0 aliphatic heterocycles. The maximum atomic E-state index is 4.79. The molecule has 0 atom stereocenters. The first-order valence-electron chi connectivity index (χ1n) is 7.42. The number of aryl methyl sites for hydroxylation is 1. The smallest absolute Gasteiger partial charge is 0.155 e. The molecule has 6 heteroatoms. The van der Waals surface area contributed by atoms with Gasteiger partial charge in [0.15, 0.2) is 5.65 Å². The second-order valence-corrected chi connectivity index (χ2v) is 5.85. The zero-order valence-corrected chi connectivity index (χ0v) is 12.1. The van der Waals surface area contributed by atoms with Gasteiger partial charge in [-0.25, -0.2) is 14.5 Å². The molecule has 1 aliphatic carbocycles. The van der Waals surface area contributed by atoms with Gasteiger partial charge in [-0.15, -0.1) is 0 Å². The van der Waals surface area contributed by atoms with Gasteiger partial charge in [-0.05, 0) is 42.5 Å². The molecule has 1 saturated carbocycles. The molecular weight excluding hydrogens is 276 g/mol. The second kappa shape index (κ2) is 4.13. The van der Waals surface area contributed by atoms with Gasteiger partial charge in [0.2, 0.25) is 0 Å². The van der Waals surface area contributed by atoms with E-state index in [1.165, 1.54) is 18.4 Å². The van der Waals surface area contributed by atoms with Crippen LogP contribution in [0.25, 0.3) is 27.9 Å². The molecule has 0 bridgehead atoms. The van der Waals surface area contributed by atoms with Crippen LogP contribution in [0, 0.1) is 0 Å². The predicted octanol–water partition coefficient (Wildman–Crippen LogP) is 2.56. The normalized spacial score (nSPS) is 15.0. The lowest BCUT2D eigenvalue weighted by atomic mass is 10.1. The largest absolute Gasteiger partial charge is 0.266 e. The zero-order valence-electron chi connectivity index (χ0n) is 12.1. The molecule has 0 unspecified atom stereocenters. The Morgan fingerprint density at radius 2 is 2.09 bits per heavy atom. The van der Waals surface area contributed by atoms with Gasteiger partial charge in [0.25, 0.3) is 0 Å². The number of nitrogens with zero attached hydrogens (tertiary/aromatic N) is 6. The first-order chi connectivity index (χ1) is 10.8. The first-order valence-corrected chi connectivity index (χ1v) is 7.42. The third-order valence-corrected chi connectivity index (χ3v) is 4.32. The molecule has 0 radical (unpaired) electrons. The van der Waals surface area contributed by atoms with Crippen molar-refractivity contribution in [1.82, 2.24) is 29.4 Å². The molecule has 0 aromatic carbocycles. The van der Waals surface area contributed by atoms with Gasteiger partial charge in [0.1, 0.15) is 11.8 Å². The fourth-order valence-electron chi connectivity index (χ4n) is 3.05. The van der Waals surface area contributed by atoms with Crippen molar-refractivity contribution in [3.8, 4) is 11.3 Å². The molecule has 0 spiro atoms. The Kier molecular flexibility index (Phi) is 2.22. The van der Waals surface area contributed by atoms with Crippen LogP contribution in [0.1, 0.15) is 24.3 Å². The van der Waals surface area contributed by atoms with Gasteiger partial charge in [-0.1, -0.05) is 0 Å². The molecule has 1 fully saturated rings. The fourth-order valence-corrected chi connectivity index (χ4v) is 3.05. The molecule has 0 N–H and O–H groups in total. The van der Waals surface area contributed by atoms with E-state index in [-0.39, 0.29) is 0 Å². The predicted molar refractivity (Wildman–Crippen MR) is 82.5 cm³/mol. The van der Waals surface area contributed by atoms with Crippen LogP contribution in [-0.4, -0.2) is 29.4 Å². The van der Waals surface area contributed by atoms with Crippen LogP contribution >= 0.6 is 0 Å². The van der Waals surface area contributed by atoms with Crippen molar-refractivity contribution in [2.24, 2.45) is 7.05 Å². The molecule has 4 aromatic heterocycles. The van der Waals surface area contributed by atoms with Gasteiger partial charge < -0.3 is 0 Å². The van der Waals surface area contributed by atoms with E-state index < -0.39 is 0 Å². The van der Waals surface area contributed by atoms with Crippen molar-refractivity contribution >= 4 is 16.7 Å². The van der Waals surface area contributed by atoms with E-state index in [0.29, 0.717) is 5.92 Å². The van der Waals surface area contributed by atoms with Crippen LogP contribution in [-0.2, 0) is 7.05 Å². The van der Waals surface area contributed by atoms with E-state index in [9.17, 15) is 0 Å². The van der Waals surface area contributed by atoms with E-state index >= 15 is 0 Å². The van der Waals surface area contributed by atoms with Gasteiger partial charge in [-0.2, -0.15) is 10.2 Å². The maximum absolute atomic E-state index is 4.79. The summed E-state index contributed by atoms with van der Waals surface area (Å²) in [6.45, 7) is 0. The molecular formula is C16H14N6. The summed E-state index contributed by atoms with van der Waals surface area (Å²) in [5.74, 6) is 0.650. The summed E-state index contributed by atoms with van der Waals surface area (Å²) < 4.78 is 3.69. The van der Waals surface area contributed by atoms with Crippen LogP contribution in [0.15, 0.2) is 36.9 Å². The highest BCUT2D eigenvalue weighted by atomic mass is 15.3. The zero-order chi connectivity index (χ0) is 14.7. The summed E-state index contributed by atoms with van der Waals surface area (Å²) in [5, 5.41) is 8.51. The number of aromatic nitrogens is 6. The lowest BCUT2D eigenvalue weighted by Crippen LogP contribution is -1.96. The van der Waals surface area contributed by atoms with Crippen molar-refractivity contribution in [2.45, 2.75) is 18.8 Å². The minimum absolute atomic E-state index is 0.650. The summed E-state index contributed by atoms with van der Waals surface area (Å²) >= 11 is 0. The van der Waals surface area contributed by atoms with E-state index in [1.54, 1.807) is 10.8 Å². The fraction of sp³-hybridized carbons (Fsp3) is 0.250. The summed E-state index contributed by atoms with van der Waals surface area (Å²) in [6.07, 6.45) is 7.84. The third kappa shape index (κ3) is 1.67. The topological polar surface area (TPSA) is 60.9 Å². The van der Waals surface area contributed by atoms with Crippen LogP contribution in [0.4, 0.5) is 0 Å². The Labute approximate surface area is 126 Å². The third-order valence-electron chi connectivity index (χ3n) is 4.32. The van der Waals surface area contributed by atoms with Crippen molar-refractivity contribution in [3.05, 3.63) is 42.5 Å². The first kappa shape index (κ1) is 11.9. The average Bonchev–Trinajstić information content (AvgIpc) is 3.17. The van der Waals surface area contributed by atoms with Crippen LogP contribution in [0.5, 0.6) is 0 Å². The minimum Gasteiger partial charge on any atom is -0.266 e. The van der Waals surface area contributed by atoms with Crippen molar-refractivity contribution < 1.29 is 0 Å². The molecule has 4 heterocycles. The van der Waals surface area contributed by atoms with Crippen LogP contribution in [0.2, 0.25) is 0 Å². The van der Waals surface area contributed by atoms with E-state index in [2.05, 4.69) is 21.2 Å². The van der Waals surface area contributed by atoms with E-state index in [1.807, 2.05) is 36.3 Å². The summed E-state index contributed by atoms with van der Waals surface area (Å²) in [4.78, 5) is 9.04. The van der Waals surface area contributed by atoms with E-state index in [4.69, 9.17) is 4.98 Å². The number of fused-ring (bicyclic) bond motifs is 2. The van der Waals surface area contributed by atoms with Crippen molar-refractivity contribution in [1.29, 1.82) is 0 Å². The van der Waals surface area contributed by atoms with Crippen molar-refractivity contribution in [2.75, 3.05) is 0 Å². The molecule has 0 saturated heterocycles. The van der Waals surface area contributed by atoms with Gasteiger partial charge in [-0.3, -0.25) is 4.68 Å². The highest BCUT2D eigenvalue weighted by Crippen LogP contribution is 2.43. The molecule has 0 amide bonds. The monoisotopic (exact) mass is 290 g/mol. The molecule has 4 aromatic rings. The molecule has 5 rings (SSSR count). The lowest BCUT2D eigenvalue weighted by molar-refractivity contribution is 0.791. The second-order valence-electron chi connectivity index (χ2n) is 5.85. The number of rotatable bonds is 2. The van der Waals surface area contributed by atoms with Gasteiger partial charge >= 0.3 is 0 Å². The Balaban J connectivity index is 1.76. The summed E-state index contributed by atoms with van der Waals surface area (Å²) in [7, 11) is 1.98. The number of hydrogen-bond donors (Lipinski definition) is 0. The number of pyridine rings is 2. The Hall–Kier alpha value is -2.76. The Bertz CT molecular complexity index is 1010. The maximum Gasteiger partial charge on any atom is 0.155 e. The van der Waals surface area contributed by atoms with E-state index in [0.717, 1.165) is 27.9 Å². The highest BCUT2D eigenvalue weighted by molar-refractivity contribution is 5.83. The quantitative estimate of drug-likeness (QED) is 0.569. The van der Waals surface area contributed by atoms with Gasteiger partial charge in [0.05, 0.1) is 17.4 Å². The SMILES string of the molecule is Cn1ncc2nc(-c3ccn4ncnc4c3)cc(C3CC3)c21. The standard InChI is InChI=1S/C16H14N6/c1-21-16-12(10-2-3-10)7-13(20-14(16)8-18-21)11-4-5-22-15(6-11)17-9-19-22/h4-10H,2-3H2,1H3. The summed E-state index contributed by atoms with van der Waals surface area (Å²) in [6, 6.07) is 6.26. The molecule has 22 heavy (non-hydrogen) atoms. The molecule has 1 aliphatic rings. The highest BCUT2D eigenvalue weighted by Gasteiger charge is 2.27. The molecule has 6 nitrogen and oxygen atoms in total. The van der Waals surface area contributed by atoms with Crippen LogP contribution in [0.3, 0.4) is 0 Å². The lowest BCUT2D eigenvalue weighted by Gasteiger charge is -2.07.